The van der Waals surface area contributed by atoms with Gasteiger partial charge in [-0.25, -0.2) is 0 Å². The molecule has 0 bridgehead atoms. The first kappa shape index (κ1) is 9.71. The second-order valence-corrected chi connectivity index (χ2v) is 4.27. The fourth-order valence-electron chi connectivity index (χ4n) is 1.07. The Morgan fingerprint density at radius 2 is 2.25 bits per heavy atom. The molecule has 0 aromatic carbocycles. The van der Waals surface area contributed by atoms with Crippen LogP contribution in [-0.4, -0.2) is 11.7 Å². The fraction of sp³-hybridized carbons (Fsp3) is 0.556. The molecule has 0 aliphatic rings. The van der Waals surface area contributed by atoms with E-state index in [1.165, 1.54) is 10.4 Å². The lowest BCUT2D eigenvalue weighted by molar-refractivity contribution is 0.174. The normalized spacial score (nSPS) is 13.3. The molecule has 0 saturated heterocycles. The molecule has 2 nitrogen and oxygen atoms in total. The smallest absolute Gasteiger partial charge is 0.0894 e. The Labute approximate surface area is 77.0 Å². The minimum absolute atomic E-state index is 0.368. The number of aliphatic hydroxyl groups is 1. The maximum absolute atomic E-state index is 9.59. The van der Waals surface area contributed by atoms with Gasteiger partial charge in [-0.15, -0.1) is 11.3 Å². The van der Waals surface area contributed by atoms with Crippen molar-refractivity contribution < 1.29 is 5.11 Å². The number of aryl methyl sites for hydroxylation is 2. The topological polar surface area (TPSA) is 46.2 Å². The van der Waals surface area contributed by atoms with Crippen LogP contribution in [0.2, 0.25) is 0 Å². The monoisotopic (exact) mass is 185 g/mol. The SMILES string of the molecule is Cc1cc(C(O)CCN)sc1C. The van der Waals surface area contributed by atoms with E-state index in [0.29, 0.717) is 13.0 Å². The van der Waals surface area contributed by atoms with Crippen molar-refractivity contribution in [3.63, 3.8) is 0 Å². The van der Waals surface area contributed by atoms with Crippen molar-refractivity contribution in [2.24, 2.45) is 5.73 Å². The standard InChI is InChI=1S/C9H15NOS/c1-6-5-9(12-7(6)2)8(11)3-4-10/h5,8,11H,3-4,10H2,1-2H3. The second kappa shape index (κ2) is 4.03. The van der Waals surface area contributed by atoms with E-state index in [2.05, 4.69) is 13.8 Å². The molecule has 1 heterocycles. The van der Waals surface area contributed by atoms with Crippen LogP contribution in [0.25, 0.3) is 0 Å². The quantitative estimate of drug-likeness (QED) is 0.753. The first-order chi connectivity index (χ1) is 5.65. The molecule has 0 saturated carbocycles. The van der Waals surface area contributed by atoms with E-state index >= 15 is 0 Å². The summed E-state index contributed by atoms with van der Waals surface area (Å²) >= 11 is 1.66. The molecule has 68 valence electrons. The van der Waals surface area contributed by atoms with E-state index in [0.717, 1.165) is 4.88 Å². The van der Waals surface area contributed by atoms with Crippen LogP contribution in [0.4, 0.5) is 0 Å². The predicted octanol–water partition coefficient (Wildman–Crippen LogP) is 1.75. The van der Waals surface area contributed by atoms with Crippen molar-refractivity contribution in [2.75, 3.05) is 6.54 Å². The van der Waals surface area contributed by atoms with Crippen LogP contribution in [0, 0.1) is 13.8 Å². The van der Waals surface area contributed by atoms with E-state index in [1.54, 1.807) is 11.3 Å². The molecule has 0 amide bonds. The fourth-order valence-corrected chi connectivity index (χ4v) is 2.13. The van der Waals surface area contributed by atoms with Gasteiger partial charge < -0.3 is 10.8 Å². The Morgan fingerprint density at radius 1 is 1.58 bits per heavy atom. The summed E-state index contributed by atoms with van der Waals surface area (Å²) in [6.07, 6.45) is 0.284. The minimum atomic E-state index is -0.368. The zero-order chi connectivity index (χ0) is 9.14. The average Bonchev–Trinajstić information content (AvgIpc) is 2.33. The molecule has 0 fully saturated rings. The highest BCUT2D eigenvalue weighted by molar-refractivity contribution is 7.12. The van der Waals surface area contributed by atoms with E-state index in [9.17, 15) is 5.11 Å². The van der Waals surface area contributed by atoms with Crippen molar-refractivity contribution in [2.45, 2.75) is 26.4 Å². The van der Waals surface area contributed by atoms with Crippen LogP contribution < -0.4 is 5.73 Å². The van der Waals surface area contributed by atoms with Gasteiger partial charge in [0.05, 0.1) is 6.10 Å². The van der Waals surface area contributed by atoms with Gasteiger partial charge in [-0.3, -0.25) is 0 Å². The lowest BCUT2D eigenvalue weighted by Gasteiger charge is -2.04. The van der Waals surface area contributed by atoms with Gasteiger partial charge in [-0.05, 0) is 38.4 Å². The third kappa shape index (κ3) is 2.06. The molecule has 3 heteroatoms. The van der Waals surface area contributed by atoms with Gasteiger partial charge in [0.1, 0.15) is 0 Å². The number of hydrogen-bond donors (Lipinski definition) is 2. The molecule has 1 atom stereocenters. The zero-order valence-electron chi connectivity index (χ0n) is 7.50. The third-order valence-electron chi connectivity index (χ3n) is 1.95. The number of thiophene rings is 1. The molecule has 1 aromatic heterocycles. The van der Waals surface area contributed by atoms with Crippen LogP contribution in [0.3, 0.4) is 0 Å². The van der Waals surface area contributed by atoms with Gasteiger partial charge >= 0.3 is 0 Å². The van der Waals surface area contributed by atoms with Gasteiger partial charge in [0, 0.05) is 9.75 Å². The predicted molar refractivity (Wildman–Crippen MR) is 52.4 cm³/mol. The highest BCUT2D eigenvalue weighted by Crippen LogP contribution is 2.27. The van der Waals surface area contributed by atoms with Crippen molar-refractivity contribution in [3.8, 4) is 0 Å². The molecule has 3 N–H and O–H groups in total. The highest BCUT2D eigenvalue weighted by atomic mass is 32.1. The van der Waals surface area contributed by atoms with Crippen LogP contribution in [0.5, 0.6) is 0 Å². The third-order valence-corrected chi connectivity index (χ3v) is 3.21. The van der Waals surface area contributed by atoms with Crippen LogP contribution in [-0.2, 0) is 0 Å². The van der Waals surface area contributed by atoms with Crippen molar-refractivity contribution >= 4 is 11.3 Å². The Hall–Kier alpha value is -0.380. The zero-order valence-corrected chi connectivity index (χ0v) is 8.32. The van der Waals surface area contributed by atoms with Crippen LogP contribution in [0.1, 0.15) is 27.8 Å². The van der Waals surface area contributed by atoms with E-state index in [1.807, 2.05) is 6.07 Å². The molecule has 0 spiro atoms. The minimum Gasteiger partial charge on any atom is -0.388 e. The second-order valence-electron chi connectivity index (χ2n) is 2.98. The molecule has 12 heavy (non-hydrogen) atoms. The molecule has 1 unspecified atom stereocenters. The van der Waals surface area contributed by atoms with E-state index in [-0.39, 0.29) is 6.10 Å². The van der Waals surface area contributed by atoms with Crippen LogP contribution >= 0.6 is 11.3 Å². The van der Waals surface area contributed by atoms with Gasteiger partial charge in [-0.1, -0.05) is 0 Å². The summed E-state index contributed by atoms with van der Waals surface area (Å²) in [7, 11) is 0. The lowest BCUT2D eigenvalue weighted by Crippen LogP contribution is -2.05. The van der Waals surface area contributed by atoms with E-state index in [4.69, 9.17) is 5.73 Å². The Morgan fingerprint density at radius 3 is 2.67 bits per heavy atom. The number of aliphatic hydroxyl groups excluding tert-OH is 1. The molecular formula is C9H15NOS. The van der Waals surface area contributed by atoms with Gasteiger partial charge in [0.2, 0.25) is 0 Å². The first-order valence-electron chi connectivity index (χ1n) is 4.10. The first-order valence-corrected chi connectivity index (χ1v) is 4.92. The van der Waals surface area contributed by atoms with Gasteiger partial charge in [0.15, 0.2) is 0 Å². The van der Waals surface area contributed by atoms with Crippen LogP contribution in [0.15, 0.2) is 6.07 Å². The summed E-state index contributed by atoms with van der Waals surface area (Å²) in [5.74, 6) is 0. The van der Waals surface area contributed by atoms with Crippen molar-refractivity contribution in [1.29, 1.82) is 0 Å². The molecule has 0 aliphatic carbocycles. The van der Waals surface area contributed by atoms with Crippen molar-refractivity contribution in [3.05, 3.63) is 21.4 Å². The summed E-state index contributed by atoms with van der Waals surface area (Å²) in [5.41, 5.74) is 6.61. The van der Waals surface area contributed by atoms with E-state index < -0.39 is 0 Å². The summed E-state index contributed by atoms with van der Waals surface area (Å²) in [4.78, 5) is 2.32. The van der Waals surface area contributed by atoms with Crippen molar-refractivity contribution in [1.82, 2.24) is 0 Å². The molecular weight excluding hydrogens is 170 g/mol. The summed E-state index contributed by atoms with van der Waals surface area (Å²) in [6, 6.07) is 2.04. The molecule has 0 aliphatic heterocycles. The number of rotatable bonds is 3. The average molecular weight is 185 g/mol. The Bertz CT molecular complexity index is 238. The molecule has 1 rings (SSSR count). The Balaban J connectivity index is 2.74. The maximum atomic E-state index is 9.59. The lowest BCUT2D eigenvalue weighted by atomic mass is 10.2. The molecule has 0 radical (unpaired) electrons. The highest BCUT2D eigenvalue weighted by Gasteiger charge is 2.09. The molecule has 1 aromatic rings. The Kier molecular flexibility index (Phi) is 3.26. The summed E-state index contributed by atoms with van der Waals surface area (Å²) in [5, 5.41) is 9.59. The van der Waals surface area contributed by atoms with Gasteiger partial charge in [0.25, 0.3) is 0 Å². The summed E-state index contributed by atoms with van der Waals surface area (Å²) < 4.78 is 0. The largest absolute Gasteiger partial charge is 0.388 e. The number of hydrogen-bond acceptors (Lipinski definition) is 3. The van der Waals surface area contributed by atoms with Gasteiger partial charge in [-0.2, -0.15) is 0 Å². The number of nitrogens with two attached hydrogens (primary N) is 1. The summed E-state index contributed by atoms with van der Waals surface area (Å²) in [6.45, 7) is 4.67. The maximum Gasteiger partial charge on any atom is 0.0894 e.